The van der Waals surface area contributed by atoms with E-state index in [4.69, 9.17) is 0 Å². The second-order valence-electron chi connectivity index (χ2n) is 15.1. The van der Waals surface area contributed by atoms with Crippen LogP contribution in [0.15, 0.2) is 60.5 Å². The number of benzene rings is 3. The zero-order valence-corrected chi connectivity index (χ0v) is 34.1. The molecule has 275 valence electrons. The van der Waals surface area contributed by atoms with Crippen LogP contribution < -0.4 is 10.9 Å². The Morgan fingerprint density at radius 1 is 0.922 bits per heavy atom. The number of halogens is 3. The number of pyridine rings is 1. The third-order valence-corrected chi connectivity index (χ3v) is 9.90. The molecular weight excluding hydrogens is 823 g/mol. The number of hydrogen-bond donors (Lipinski definition) is 1. The van der Waals surface area contributed by atoms with Crippen LogP contribution in [-0.2, 0) is 37.5 Å². The van der Waals surface area contributed by atoms with E-state index >= 15 is 0 Å². The molecule has 3 aromatic carbocycles. The van der Waals surface area contributed by atoms with E-state index in [0.29, 0.717) is 16.7 Å². The molecule has 0 atom stereocenters. The number of rotatable bonds is 9. The molecule has 0 unspecified atom stereocenters. The third-order valence-electron chi connectivity index (χ3n) is 9.90. The van der Waals surface area contributed by atoms with Crippen molar-refractivity contribution in [1.29, 1.82) is 0 Å². The van der Waals surface area contributed by atoms with Gasteiger partial charge in [-0.1, -0.05) is 110 Å². The largest absolute Gasteiger partial charge is 0.512 e. The van der Waals surface area contributed by atoms with Gasteiger partial charge < -0.3 is 10.1 Å². The number of fused-ring (bicyclic) bond motifs is 5. The zero-order chi connectivity index (χ0) is 37.1. The fourth-order valence-electron chi connectivity index (χ4n) is 7.42. The van der Waals surface area contributed by atoms with E-state index in [2.05, 4.69) is 50.0 Å². The number of nitrogens with zero attached hydrogens (tertiary/aromatic N) is 1. The number of alkyl halides is 3. The first kappa shape index (κ1) is 42.2. The van der Waals surface area contributed by atoms with Crippen molar-refractivity contribution in [2.75, 3.05) is 0 Å². The normalized spacial score (nSPS) is 12.8. The molecule has 0 spiro atoms. The second-order valence-corrected chi connectivity index (χ2v) is 15.1. The van der Waals surface area contributed by atoms with Crippen LogP contribution in [0, 0.1) is 37.2 Å². The molecule has 1 N–H and O–H groups in total. The number of aromatic nitrogens is 1. The molecule has 2 heterocycles. The van der Waals surface area contributed by atoms with Crippen molar-refractivity contribution in [3.8, 4) is 22.4 Å². The smallest absolute Gasteiger partial charge is 0.418 e. The number of carbonyl (C=O) groups is 1. The summed E-state index contributed by atoms with van der Waals surface area (Å²) >= 11 is 0. The second kappa shape index (κ2) is 17.1. The minimum absolute atomic E-state index is 0. The van der Waals surface area contributed by atoms with E-state index in [9.17, 15) is 23.1 Å². The molecule has 3 nitrogen and oxygen atoms in total. The first-order chi connectivity index (χ1) is 23.4. The molecule has 0 saturated heterocycles. The van der Waals surface area contributed by atoms with Crippen molar-refractivity contribution < 1.29 is 43.2 Å². The summed E-state index contributed by atoms with van der Waals surface area (Å²) < 4.78 is 42.6. The summed E-state index contributed by atoms with van der Waals surface area (Å²) in [4.78, 5) is 16.1. The van der Waals surface area contributed by atoms with Gasteiger partial charge in [0, 0.05) is 44.2 Å². The molecule has 0 aliphatic carbocycles. The summed E-state index contributed by atoms with van der Waals surface area (Å²) in [6.45, 7) is 20.4. The SMILES string of the molecule is CB1c2c(-c3[c-]c(C)cc(C)c3)ncc(C(F)(F)F)c2-c2ccc3cc(CC(C)(C)C)ccc3c21.CCC(CC)C(=O)/C=C(\O)C(CC)CC.[Ir]. The van der Waals surface area contributed by atoms with E-state index < -0.39 is 11.7 Å². The van der Waals surface area contributed by atoms with Gasteiger partial charge in [0.15, 0.2) is 5.78 Å². The molecule has 0 bridgehead atoms. The summed E-state index contributed by atoms with van der Waals surface area (Å²) in [7, 11) is 0. The van der Waals surface area contributed by atoms with Crippen LogP contribution >= 0.6 is 0 Å². The molecule has 5 rings (SSSR count). The molecule has 1 aliphatic heterocycles. The topological polar surface area (TPSA) is 50.2 Å². The minimum Gasteiger partial charge on any atom is -0.512 e. The molecule has 0 amide bonds. The van der Waals surface area contributed by atoms with Crippen LogP contribution in [0.1, 0.15) is 96.4 Å². The van der Waals surface area contributed by atoms with Crippen molar-refractivity contribution in [2.24, 2.45) is 17.3 Å². The molecule has 8 heteroatoms. The van der Waals surface area contributed by atoms with Gasteiger partial charge in [-0.3, -0.25) is 4.79 Å². The first-order valence-electron chi connectivity index (χ1n) is 18.0. The van der Waals surface area contributed by atoms with E-state index in [0.717, 1.165) is 71.2 Å². The number of aliphatic hydroxyl groups excluding tert-OH is 1. The fourth-order valence-corrected chi connectivity index (χ4v) is 7.42. The third kappa shape index (κ3) is 9.62. The Labute approximate surface area is 317 Å². The maximum atomic E-state index is 14.2. The van der Waals surface area contributed by atoms with Gasteiger partial charge in [0.2, 0.25) is 6.71 Å². The van der Waals surface area contributed by atoms with Crippen molar-refractivity contribution in [3.63, 3.8) is 0 Å². The Hall–Kier alpha value is -3.22. The molecule has 51 heavy (non-hydrogen) atoms. The predicted molar refractivity (Wildman–Crippen MR) is 204 cm³/mol. The van der Waals surface area contributed by atoms with Crippen molar-refractivity contribution >= 4 is 34.2 Å². The summed E-state index contributed by atoms with van der Waals surface area (Å²) in [6, 6.07) is 17.5. The molecule has 1 aromatic heterocycles. The van der Waals surface area contributed by atoms with Crippen molar-refractivity contribution in [1.82, 2.24) is 4.98 Å². The molecule has 0 fully saturated rings. The summed E-state index contributed by atoms with van der Waals surface area (Å²) in [5.74, 6) is 0.547. The Bertz CT molecular complexity index is 1870. The molecule has 4 aromatic rings. The summed E-state index contributed by atoms with van der Waals surface area (Å²) in [5, 5.41) is 11.8. The van der Waals surface area contributed by atoms with Crippen LogP contribution in [0.4, 0.5) is 13.2 Å². The number of hydrogen-bond acceptors (Lipinski definition) is 3. The predicted octanol–water partition coefficient (Wildman–Crippen LogP) is 11.0. The number of carbonyl (C=O) groups excluding carboxylic acids is 1. The average Bonchev–Trinajstić information content (AvgIpc) is 3.32. The van der Waals surface area contributed by atoms with E-state index in [-0.39, 0.29) is 61.2 Å². The average molecular weight is 875 g/mol. The number of ketones is 1. The Balaban J connectivity index is 0.000000374. The van der Waals surface area contributed by atoms with E-state index in [1.54, 1.807) is 0 Å². The van der Waals surface area contributed by atoms with E-state index in [1.807, 2.05) is 72.6 Å². The standard InChI is InChI=1S/C30H28BF3N.C13H24O2.Ir/c1-17-11-18(2)13-21(12-17)28-27-25(24(16-35-28)30(32,33)34)23-10-8-20-14-19(15-29(3,4)5)7-9-22(20)26(23)31(27)6;1-5-10(6-2)12(14)9-13(15)11(7-3)8-4;/h7-12,14,16H,15H2,1-6H3;9-11,14H,5-8H2,1-4H3;/q-1;;/b;12-9-;. The van der Waals surface area contributed by atoms with Gasteiger partial charge in [-0.25, -0.2) is 0 Å². The molecule has 1 aliphatic rings. The number of aliphatic hydroxyl groups is 1. The van der Waals surface area contributed by atoms with E-state index in [1.165, 1.54) is 11.6 Å². The number of allylic oxidation sites excluding steroid dienone is 2. The van der Waals surface area contributed by atoms with Crippen LogP contribution in [0.3, 0.4) is 0 Å². The monoisotopic (exact) mass is 875 g/mol. The van der Waals surface area contributed by atoms with Gasteiger partial charge in [0.1, 0.15) is 0 Å². The zero-order valence-electron chi connectivity index (χ0n) is 31.7. The fraction of sp³-hybridized carbons (Fsp3) is 0.442. The molecule has 0 saturated carbocycles. The Kier molecular flexibility index (Phi) is 14.1. The Morgan fingerprint density at radius 2 is 1.55 bits per heavy atom. The van der Waals surface area contributed by atoms with Crippen LogP contribution in [0.25, 0.3) is 33.2 Å². The van der Waals surface area contributed by atoms with Crippen LogP contribution in [0.2, 0.25) is 6.82 Å². The molecular formula is C43H52BF3IrNO2-. The van der Waals surface area contributed by atoms with Crippen molar-refractivity contribution in [3.05, 3.63) is 88.8 Å². The van der Waals surface area contributed by atoms with Gasteiger partial charge in [0.25, 0.3) is 0 Å². The van der Waals surface area contributed by atoms with Gasteiger partial charge in [-0.2, -0.15) is 13.2 Å². The minimum atomic E-state index is -4.49. The van der Waals surface area contributed by atoms with Gasteiger partial charge >= 0.3 is 6.18 Å². The van der Waals surface area contributed by atoms with Crippen LogP contribution in [-0.4, -0.2) is 22.6 Å². The van der Waals surface area contributed by atoms with Gasteiger partial charge in [-0.15, -0.1) is 34.9 Å². The number of aryl methyl sites for hydroxylation is 2. The van der Waals surface area contributed by atoms with Crippen LogP contribution in [0.5, 0.6) is 0 Å². The van der Waals surface area contributed by atoms with Crippen molar-refractivity contribution in [2.45, 2.75) is 107 Å². The van der Waals surface area contributed by atoms with Gasteiger partial charge in [0.05, 0.1) is 11.3 Å². The first-order valence-corrected chi connectivity index (χ1v) is 18.0. The maximum Gasteiger partial charge on any atom is 0.418 e. The summed E-state index contributed by atoms with van der Waals surface area (Å²) in [6.07, 6.45) is 2.35. The Morgan fingerprint density at radius 3 is 2.10 bits per heavy atom. The maximum absolute atomic E-state index is 14.2. The quantitative estimate of drug-likeness (QED) is 0.0789. The summed E-state index contributed by atoms with van der Waals surface area (Å²) in [5.41, 5.74) is 6.52. The van der Waals surface area contributed by atoms with Gasteiger partial charge in [-0.05, 0) is 70.7 Å². The molecule has 1 radical (unpaired) electrons.